The van der Waals surface area contributed by atoms with Gasteiger partial charge in [-0.05, 0) is 32.1 Å². The summed E-state index contributed by atoms with van der Waals surface area (Å²) in [5.74, 6) is -0.443. The molecule has 0 aliphatic heterocycles. The lowest BCUT2D eigenvalue weighted by atomic mass is 10.1. The summed E-state index contributed by atoms with van der Waals surface area (Å²) in [6.07, 6.45) is 0.851. The van der Waals surface area contributed by atoms with Crippen LogP contribution in [-0.4, -0.2) is 48.2 Å². The van der Waals surface area contributed by atoms with Gasteiger partial charge in [-0.25, -0.2) is 0 Å². The van der Waals surface area contributed by atoms with Gasteiger partial charge >= 0.3 is 0 Å². The molecule has 0 unspecified atom stereocenters. The molecular formula is C12H18N2O3. The zero-order valence-corrected chi connectivity index (χ0v) is 10.1. The third-order valence-electron chi connectivity index (χ3n) is 2.42. The first-order chi connectivity index (χ1) is 8.04. The fourth-order valence-electron chi connectivity index (χ4n) is 1.53. The van der Waals surface area contributed by atoms with Crippen LogP contribution < -0.4 is 5.32 Å². The van der Waals surface area contributed by atoms with E-state index in [1.54, 1.807) is 11.9 Å². The monoisotopic (exact) mass is 238 g/mol. The zero-order chi connectivity index (χ0) is 12.8. The third kappa shape index (κ3) is 3.96. The Balaban J connectivity index is 2.68. The summed E-state index contributed by atoms with van der Waals surface area (Å²) in [5, 5.41) is 21.6. The number of aromatic hydroxyl groups is 2. The van der Waals surface area contributed by atoms with Gasteiger partial charge in [-0.15, -0.1) is 0 Å². The number of phenols is 2. The van der Waals surface area contributed by atoms with Crippen LogP contribution >= 0.6 is 0 Å². The van der Waals surface area contributed by atoms with E-state index in [-0.39, 0.29) is 23.0 Å². The van der Waals surface area contributed by atoms with Gasteiger partial charge < -0.3 is 20.4 Å². The minimum absolute atomic E-state index is 0.114. The van der Waals surface area contributed by atoms with Gasteiger partial charge in [0.2, 0.25) is 0 Å². The summed E-state index contributed by atoms with van der Waals surface area (Å²) in [6, 6.07) is 3.88. The lowest BCUT2D eigenvalue weighted by Crippen LogP contribution is -2.29. The molecule has 1 aromatic carbocycles. The lowest BCUT2D eigenvalue weighted by Gasteiger charge is -2.17. The summed E-state index contributed by atoms with van der Waals surface area (Å²) in [7, 11) is 3.55. The van der Waals surface area contributed by atoms with Crippen LogP contribution in [0.15, 0.2) is 18.2 Å². The molecule has 5 heteroatoms. The molecule has 1 amide bonds. The molecule has 0 saturated heterocycles. The van der Waals surface area contributed by atoms with Crippen molar-refractivity contribution in [3.05, 3.63) is 23.8 Å². The van der Waals surface area contributed by atoms with Crippen LogP contribution in [0.4, 0.5) is 0 Å². The molecule has 0 fully saturated rings. The number of nitrogens with one attached hydrogen (secondary N) is 1. The molecule has 0 aromatic heterocycles. The van der Waals surface area contributed by atoms with E-state index in [2.05, 4.69) is 5.32 Å². The van der Waals surface area contributed by atoms with E-state index in [4.69, 9.17) is 0 Å². The van der Waals surface area contributed by atoms with E-state index >= 15 is 0 Å². The van der Waals surface area contributed by atoms with Gasteiger partial charge in [0, 0.05) is 25.2 Å². The Morgan fingerprint density at radius 1 is 1.29 bits per heavy atom. The van der Waals surface area contributed by atoms with Crippen LogP contribution in [0.25, 0.3) is 0 Å². The highest BCUT2D eigenvalue weighted by molar-refractivity contribution is 5.94. The molecule has 0 aliphatic rings. The van der Waals surface area contributed by atoms with E-state index in [0.717, 1.165) is 13.0 Å². The Hall–Kier alpha value is -1.75. The molecule has 94 valence electrons. The first kappa shape index (κ1) is 13.3. The summed E-state index contributed by atoms with van der Waals surface area (Å²) in [4.78, 5) is 13.5. The quantitative estimate of drug-likeness (QED) is 0.663. The number of carbonyl (C=O) groups is 1. The van der Waals surface area contributed by atoms with Gasteiger partial charge in [-0.1, -0.05) is 0 Å². The number of hydrogen-bond donors (Lipinski definition) is 3. The van der Waals surface area contributed by atoms with Crippen molar-refractivity contribution in [2.75, 3.05) is 27.2 Å². The van der Waals surface area contributed by atoms with E-state index in [1.165, 1.54) is 18.2 Å². The highest BCUT2D eigenvalue weighted by Crippen LogP contribution is 2.21. The van der Waals surface area contributed by atoms with Gasteiger partial charge in [0.05, 0.1) is 0 Å². The highest BCUT2D eigenvalue weighted by Gasteiger charge is 2.12. The first-order valence-electron chi connectivity index (χ1n) is 5.47. The van der Waals surface area contributed by atoms with Crippen molar-refractivity contribution in [3.63, 3.8) is 0 Å². The number of hydrogen-bond acceptors (Lipinski definition) is 4. The molecule has 1 aromatic rings. The Morgan fingerprint density at radius 2 is 1.88 bits per heavy atom. The number of amides is 1. The molecular weight excluding hydrogens is 220 g/mol. The molecule has 3 N–H and O–H groups in total. The third-order valence-corrected chi connectivity index (χ3v) is 2.42. The molecule has 1 rings (SSSR count). The van der Waals surface area contributed by atoms with Crippen molar-refractivity contribution in [3.8, 4) is 11.5 Å². The van der Waals surface area contributed by atoms with Crippen LogP contribution in [-0.2, 0) is 0 Å². The minimum Gasteiger partial charge on any atom is -0.508 e. The van der Waals surface area contributed by atoms with Crippen molar-refractivity contribution in [1.29, 1.82) is 0 Å². The first-order valence-corrected chi connectivity index (χ1v) is 5.47. The van der Waals surface area contributed by atoms with Gasteiger partial charge in [0.1, 0.15) is 11.5 Å². The maximum absolute atomic E-state index is 11.9. The van der Waals surface area contributed by atoms with Crippen LogP contribution in [0.5, 0.6) is 11.5 Å². The van der Waals surface area contributed by atoms with Crippen LogP contribution in [0, 0.1) is 0 Å². The van der Waals surface area contributed by atoms with Crippen molar-refractivity contribution in [1.82, 2.24) is 10.2 Å². The zero-order valence-electron chi connectivity index (χ0n) is 10.1. The molecule has 0 radical (unpaired) electrons. The SMILES string of the molecule is CNCCCN(C)C(=O)c1cc(O)cc(O)c1. The molecule has 17 heavy (non-hydrogen) atoms. The molecule has 0 heterocycles. The van der Waals surface area contributed by atoms with Gasteiger partial charge in [0.25, 0.3) is 5.91 Å². The summed E-state index contributed by atoms with van der Waals surface area (Å²) < 4.78 is 0. The van der Waals surface area contributed by atoms with Crippen molar-refractivity contribution < 1.29 is 15.0 Å². The predicted molar refractivity (Wildman–Crippen MR) is 65.3 cm³/mol. The fourth-order valence-corrected chi connectivity index (χ4v) is 1.53. The summed E-state index contributed by atoms with van der Waals surface area (Å²) in [6.45, 7) is 1.46. The van der Waals surface area contributed by atoms with E-state index in [1.807, 2.05) is 7.05 Å². The molecule has 0 atom stereocenters. The molecule has 0 spiro atoms. The van der Waals surface area contributed by atoms with Crippen LogP contribution in [0.3, 0.4) is 0 Å². The van der Waals surface area contributed by atoms with Gasteiger partial charge in [-0.2, -0.15) is 0 Å². The van der Waals surface area contributed by atoms with Crippen LogP contribution in [0.1, 0.15) is 16.8 Å². The van der Waals surface area contributed by atoms with Crippen molar-refractivity contribution in [2.24, 2.45) is 0 Å². The van der Waals surface area contributed by atoms with Gasteiger partial charge in [-0.3, -0.25) is 4.79 Å². The largest absolute Gasteiger partial charge is 0.508 e. The Kier molecular flexibility index (Phi) is 4.78. The second-order valence-electron chi connectivity index (χ2n) is 3.92. The summed E-state index contributed by atoms with van der Waals surface area (Å²) >= 11 is 0. The second kappa shape index (κ2) is 6.10. The summed E-state index contributed by atoms with van der Waals surface area (Å²) in [5.41, 5.74) is 0.287. The average Bonchev–Trinajstić information content (AvgIpc) is 2.27. The molecule has 0 saturated carbocycles. The number of rotatable bonds is 5. The van der Waals surface area contributed by atoms with E-state index in [0.29, 0.717) is 6.54 Å². The Morgan fingerprint density at radius 3 is 2.41 bits per heavy atom. The fraction of sp³-hybridized carbons (Fsp3) is 0.417. The molecule has 0 aliphatic carbocycles. The van der Waals surface area contributed by atoms with E-state index in [9.17, 15) is 15.0 Å². The highest BCUT2D eigenvalue weighted by atomic mass is 16.3. The molecule has 5 nitrogen and oxygen atoms in total. The lowest BCUT2D eigenvalue weighted by molar-refractivity contribution is 0.0793. The number of carbonyl (C=O) groups excluding carboxylic acids is 1. The average molecular weight is 238 g/mol. The normalized spacial score (nSPS) is 10.2. The topological polar surface area (TPSA) is 72.8 Å². The standard InChI is InChI=1S/C12H18N2O3/c1-13-4-3-5-14(2)12(17)9-6-10(15)8-11(16)7-9/h6-8,13,15-16H,3-5H2,1-2H3. The Bertz CT molecular complexity index is 373. The number of benzene rings is 1. The van der Waals surface area contributed by atoms with Crippen LogP contribution in [0.2, 0.25) is 0 Å². The predicted octanol–water partition coefficient (Wildman–Crippen LogP) is 0.779. The maximum Gasteiger partial charge on any atom is 0.253 e. The van der Waals surface area contributed by atoms with Crippen molar-refractivity contribution in [2.45, 2.75) is 6.42 Å². The van der Waals surface area contributed by atoms with E-state index < -0.39 is 0 Å². The smallest absolute Gasteiger partial charge is 0.253 e. The number of phenolic OH excluding ortho intramolecular Hbond substituents is 2. The second-order valence-corrected chi connectivity index (χ2v) is 3.92. The Labute approximate surface area is 101 Å². The molecule has 0 bridgehead atoms. The maximum atomic E-state index is 11.9. The number of nitrogens with zero attached hydrogens (tertiary/aromatic N) is 1. The minimum atomic E-state index is -0.215. The van der Waals surface area contributed by atoms with Gasteiger partial charge in [0.15, 0.2) is 0 Å². The van der Waals surface area contributed by atoms with Crippen molar-refractivity contribution >= 4 is 5.91 Å².